The molecule has 0 saturated heterocycles. The Labute approximate surface area is 126 Å². The monoisotopic (exact) mass is 327 g/mol. The topological polar surface area (TPSA) is 50.9 Å². The van der Waals surface area contributed by atoms with Gasteiger partial charge >= 0.3 is 0 Å². The van der Waals surface area contributed by atoms with Crippen LogP contribution in [0.3, 0.4) is 0 Å². The average molecular weight is 328 g/mol. The Kier molecular flexibility index (Phi) is 3.56. The van der Waals surface area contributed by atoms with Crippen molar-refractivity contribution in [3.8, 4) is 0 Å². The van der Waals surface area contributed by atoms with E-state index in [-0.39, 0.29) is 0 Å². The number of nitrogens with one attached hydrogen (secondary N) is 1. The fraction of sp³-hybridized carbons (Fsp3) is 0.0625. The van der Waals surface area contributed by atoms with Gasteiger partial charge < -0.3 is 11.1 Å². The highest BCUT2D eigenvalue weighted by Crippen LogP contribution is 2.28. The molecule has 100 valence electrons. The SMILES string of the molecule is Nc1ccccc1CNc1nccc2c(Br)cccc12. The highest BCUT2D eigenvalue weighted by atomic mass is 79.9. The van der Waals surface area contributed by atoms with Crippen molar-refractivity contribution in [3.05, 3.63) is 64.8 Å². The number of hydrogen-bond donors (Lipinski definition) is 2. The predicted octanol–water partition coefficient (Wildman–Crippen LogP) is 4.19. The van der Waals surface area contributed by atoms with Crippen LogP contribution in [0.5, 0.6) is 0 Å². The molecular formula is C16H14BrN3. The maximum Gasteiger partial charge on any atom is 0.134 e. The summed E-state index contributed by atoms with van der Waals surface area (Å²) in [6, 6.07) is 15.9. The number of hydrogen-bond acceptors (Lipinski definition) is 3. The van der Waals surface area contributed by atoms with E-state index in [1.54, 1.807) is 0 Å². The van der Waals surface area contributed by atoms with E-state index in [9.17, 15) is 0 Å². The van der Waals surface area contributed by atoms with Crippen molar-refractivity contribution in [2.24, 2.45) is 0 Å². The molecule has 0 aliphatic carbocycles. The van der Waals surface area contributed by atoms with Gasteiger partial charge in [0.25, 0.3) is 0 Å². The van der Waals surface area contributed by atoms with Gasteiger partial charge in [-0.25, -0.2) is 4.98 Å². The molecule has 0 amide bonds. The summed E-state index contributed by atoms with van der Waals surface area (Å²) in [7, 11) is 0. The molecule has 20 heavy (non-hydrogen) atoms. The fourth-order valence-electron chi connectivity index (χ4n) is 2.18. The van der Waals surface area contributed by atoms with Crippen LogP contribution >= 0.6 is 15.9 Å². The third kappa shape index (κ3) is 2.47. The van der Waals surface area contributed by atoms with Crippen molar-refractivity contribution < 1.29 is 0 Å². The van der Waals surface area contributed by atoms with E-state index in [0.717, 1.165) is 32.3 Å². The van der Waals surface area contributed by atoms with E-state index in [1.807, 2.05) is 48.7 Å². The molecule has 0 aliphatic heterocycles. The van der Waals surface area contributed by atoms with Crippen molar-refractivity contribution >= 4 is 38.2 Å². The first-order chi connectivity index (χ1) is 9.75. The summed E-state index contributed by atoms with van der Waals surface area (Å²) in [5.74, 6) is 0.868. The van der Waals surface area contributed by atoms with Gasteiger partial charge in [0.15, 0.2) is 0 Å². The number of anilines is 2. The third-order valence-corrected chi connectivity index (χ3v) is 3.95. The third-order valence-electron chi connectivity index (χ3n) is 3.25. The lowest BCUT2D eigenvalue weighted by Gasteiger charge is -2.11. The summed E-state index contributed by atoms with van der Waals surface area (Å²) in [6.07, 6.45) is 1.81. The Morgan fingerprint density at radius 2 is 1.85 bits per heavy atom. The van der Waals surface area contributed by atoms with Gasteiger partial charge in [-0.1, -0.05) is 46.3 Å². The zero-order valence-electron chi connectivity index (χ0n) is 10.8. The first kappa shape index (κ1) is 12.9. The minimum atomic E-state index is 0.658. The van der Waals surface area contributed by atoms with Crippen molar-refractivity contribution in [1.82, 2.24) is 4.98 Å². The van der Waals surface area contributed by atoms with Gasteiger partial charge in [0.2, 0.25) is 0 Å². The molecule has 1 heterocycles. The number of rotatable bonds is 3. The lowest BCUT2D eigenvalue weighted by Crippen LogP contribution is -2.04. The van der Waals surface area contributed by atoms with Crippen molar-refractivity contribution in [2.75, 3.05) is 11.1 Å². The van der Waals surface area contributed by atoms with Crippen LogP contribution in [-0.4, -0.2) is 4.98 Å². The smallest absolute Gasteiger partial charge is 0.134 e. The van der Waals surface area contributed by atoms with Crippen LogP contribution in [0, 0.1) is 0 Å². The largest absolute Gasteiger partial charge is 0.398 e. The number of nitrogens with zero attached hydrogens (tertiary/aromatic N) is 1. The van der Waals surface area contributed by atoms with Crippen LogP contribution < -0.4 is 11.1 Å². The van der Waals surface area contributed by atoms with Gasteiger partial charge in [-0.15, -0.1) is 0 Å². The van der Waals surface area contributed by atoms with Crippen molar-refractivity contribution in [1.29, 1.82) is 0 Å². The summed E-state index contributed by atoms with van der Waals surface area (Å²) in [6.45, 7) is 0.658. The minimum Gasteiger partial charge on any atom is -0.398 e. The van der Waals surface area contributed by atoms with E-state index in [1.165, 1.54) is 0 Å². The number of fused-ring (bicyclic) bond motifs is 1. The second-order valence-corrected chi connectivity index (χ2v) is 5.40. The molecule has 3 nitrogen and oxygen atoms in total. The van der Waals surface area contributed by atoms with Crippen LogP contribution in [0.25, 0.3) is 10.8 Å². The van der Waals surface area contributed by atoms with E-state index < -0.39 is 0 Å². The molecule has 2 aromatic carbocycles. The van der Waals surface area contributed by atoms with Crippen LogP contribution in [0.2, 0.25) is 0 Å². The number of para-hydroxylation sites is 1. The molecule has 1 aromatic heterocycles. The normalized spacial score (nSPS) is 10.7. The Morgan fingerprint density at radius 3 is 2.70 bits per heavy atom. The molecular weight excluding hydrogens is 314 g/mol. The molecule has 0 atom stereocenters. The number of benzene rings is 2. The van der Waals surface area contributed by atoms with Gasteiger partial charge in [-0.2, -0.15) is 0 Å². The molecule has 0 radical (unpaired) electrons. The first-order valence-electron chi connectivity index (χ1n) is 6.36. The number of pyridine rings is 1. The quantitative estimate of drug-likeness (QED) is 0.709. The van der Waals surface area contributed by atoms with E-state index in [0.29, 0.717) is 6.54 Å². The first-order valence-corrected chi connectivity index (χ1v) is 7.15. The average Bonchev–Trinajstić information content (AvgIpc) is 2.47. The maximum atomic E-state index is 5.95. The molecule has 0 bridgehead atoms. The van der Waals surface area contributed by atoms with Gasteiger partial charge in [0.1, 0.15) is 5.82 Å². The lowest BCUT2D eigenvalue weighted by molar-refractivity contribution is 1.12. The van der Waals surface area contributed by atoms with E-state index in [2.05, 4.69) is 32.3 Å². The summed E-state index contributed by atoms with van der Waals surface area (Å²) in [5, 5.41) is 5.60. The van der Waals surface area contributed by atoms with Crippen LogP contribution in [0.15, 0.2) is 59.2 Å². The van der Waals surface area contributed by atoms with Gasteiger partial charge in [-0.05, 0) is 23.8 Å². The molecule has 0 unspecified atom stereocenters. The highest BCUT2D eigenvalue weighted by Gasteiger charge is 2.05. The molecule has 4 heteroatoms. The lowest BCUT2D eigenvalue weighted by atomic mass is 10.1. The molecule has 0 aliphatic rings. The van der Waals surface area contributed by atoms with E-state index >= 15 is 0 Å². The molecule has 0 fully saturated rings. The minimum absolute atomic E-state index is 0.658. The molecule has 3 aromatic rings. The number of nitrogen functional groups attached to an aromatic ring is 1. The number of aromatic nitrogens is 1. The number of nitrogens with two attached hydrogens (primary N) is 1. The van der Waals surface area contributed by atoms with E-state index in [4.69, 9.17) is 5.73 Å². The molecule has 0 spiro atoms. The standard InChI is InChI=1S/C16H14BrN3/c17-14-6-3-5-13-12(14)8-9-19-16(13)20-10-11-4-1-2-7-15(11)18/h1-9H,10,18H2,(H,19,20). The van der Waals surface area contributed by atoms with Crippen LogP contribution in [0.4, 0.5) is 11.5 Å². The van der Waals surface area contributed by atoms with Gasteiger partial charge in [0, 0.05) is 33.7 Å². The number of halogens is 1. The molecule has 3 rings (SSSR count). The van der Waals surface area contributed by atoms with Crippen LogP contribution in [0.1, 0.15) is 5.56 Å². The van der Waals surface area contributed by atoms with Crippen LogP contribution in [-0.2, 0) is 6.54 Å². The maximum absolute atomic E-state index is 5.95. The zero-order valence-corrected chi connectivity index (χ0v) is 12.4. The Morgan fingerprint density at radius 1 is 1.00 bits per heavy atom. The fourth-order valence-corrected chi connectivity index (χ4v) is 2.68. The Balaban J connectivity index is 1.92. The Bertz CT molecular complexity index is 756. The van der Waals surface area contributed by atoms with Gasteiger partial charge in [-0.3, -0.25) is 0 Å². The van der Waals surface area contributed by atoms with Crippen molar-refractivity contribution in [2.45, 2.75) is 6.54 Å². The summed E-state index contributed by atoms with van der Waals surface area (Å²) >= 11 is 3.56. The second-order valence-electron chi connectivity index (χ2n) is 4.55. The summed E-state index contributed by atoms with van der Waals surface area (Å²) in [5.41, 5.74) is 7.82. The van der Waals surface area contributed by atoms with Gasteiger partial charge in [0.05, 0.1) is 0 Å². The summed E-state index contributed by atoms with van der Waals surface area (Å²) < 4.78 is 1.07. The highest BCUT2D eigenvalue weighted by molar-refractivity contribution is 9.10. The summed E-state index contributed by atoms with van der Waals surface area (Å²) in [4.78, 5) is 4.42. The Hall–Kier alpha value is -2.07. The molecule has 0 saturated carbocycles. The second kappa shape index (κ2) is 5.51. The van der Waals surface area contributed by atoms with Crippen molar-refractivity contribution in [3.63, 3.8) is 0 Å². The molecule has 3 N–H and O–H groups in total. The zero-order chi connectivity index (χ0) is 13.9. The predicted molar refractivity (Wildman–Crippen MR) is 87.6 cm³/mol.